The van der Waals surface area contributed by atoms with Gasteiger partial charge in [0, 0.05) is 31.3 Å². The summed E-state index contributed by atoms with van der Waals surface area (Å²) in [5.74, 6) is 1.22. The molecule has 1 aromatic rings. The van der Waals surface area contributed by atoms with Crippen LogP contribution in [-0.4, -0.2) is 17.8 Å². The van der Waals surface area contributed by atoms with Crippen LogP contribution in [0.25, 0.3) is 0 Å². The largest absolute Gasteiger partial charge is 0.381 e. The molecule has 104 valence electrons. The van der Waals surface area contributed by atoms with Crippen molar-refractivity contribution < 1.29 is 4.74 Å². The molecule has 2 aliphatic carbocycles. The number of aryl methyl sites for hydroxylation is 1. The molecule has 0 radical (unpaired) electrons. The highest BCUT2D eigenvalue weighted by Gasteiger charge is 2.32. The maximum absolute atomic E-state index is 12.4. The molecule has 0 N–H and O–H groups in total. The molecule has 0 aliphatic heterocycles. The van der Waals surface area contributed by atoms with Crippen molar-refractivity contribution in [1.82, 2.24) is 4.57 Å². The van der Waals surface area contributed by atoms with Crippen LogP contribution >= 0.6 is 0 Å². The van der Waals surface area contributed by atoms with Crippen LogP contribution in [0.2, 0.25) is 0 Å². The smallest absolute Gasteiger partial charge is 0.253 e. The number of hydrogen-bond donors (Lipinski definition) is 0. The van der Waals surface area contributed by atoms with E-state index in [1.54, 1.807) is 7.11 Å². The summed E-state index contributed by atoms with van der Waals surface area (Å²) in [6, 6.07) is 2.13. The lowest BCUT2D eigenvalue weighted by Gasteiger charge is -2.35. The van der Waals surface area contributed by atoms with E-state index in [4.69, 9.17) is 4.74 Å². The van der Waals surface area contributed by atoms with Crippen LogP contribution in [0.3, 0.4) is 0 Å². The molecule has 0 bridgehead atoms. The average Bonchev–Trinajstić information content (AvgIpc) is 3.21. The fraction of sp³-hybridized carbons (Fsp3) is 0.688. The van der Waals surface area contributed by atoms with Gasteiger partial charge >= 0.3 is 0 Å². The van der Waals surface area contributed by atoms with E-state index in [0.717, 1.165) is 24.9 Å². The van der Waals surface area contributed by atoms with Crippen LogP contribution in [0.1, 0.15) is 49.7 Å². The second kappa shape index (κ2) is 5.12. The maximum atomic E-state index is 12.4. The number of pyridine rings is 1. The SMILES string of the molecule is CCc1cc(C2CC2)cn(CC2CCC2OC)c1=O. The topological polar surface area (TPSA) is 31.2 Å². The summed E-state index contributed by atoms with van der Waals surface area (Å²) in [4.78, 5) is 12.4. The summed E-state index contributed by atoms with van der Waals surface area (Å²) in [5.41, 5.74) is 2.54. The summed E-state index contributed by atoms with van der Waals surface area (Å²) < 4.78 is 7.39. The minimum atomic E-state index is 0.202. The standard InChI is InChI=1S/C16H23NO2/c1-3-11-8-14(12-4-5-12)10-17(16(11)18)9-13-6-7-15(13)19-2/h8,10,12-13,15H,3-7,9H2,1-2H3. The van der Waals surface area contributed by atoms with Gasteiger partial charge in [0.15, 0.2) is 0 Å². The molecule has 3 nitrogen and oxygen atoms in total. The minimum Gasteiger partial charge on any atom is -0.381 e. The van der Waals surface area contributed by atoms with Crippen molar-refractivity contribution in [2.75, 3.05) is 7.11 Å². The summed E-state index contributed by atoms with van der Waals surface area (Å²) in [6.45, 7) is 2.89. The molecule has 2 aliphatic rings. The second-order valence-corrected chi connectivity index (χ2v) is 6.00. The molecule has 3 heteroatoms. The Morgan fingerprint density at radius 3 is 2.63 bits per heavy atom. The monoisotopic (exact) mass is 261 g/mol. The van der Waals surface area contributed by atoms with Crippen molar-refractivity contribution in [2.24, 2.45) is 5.92 Å². The third-order valence-corrected chi connectivity index (χ3v) is 4.69. The van der Waals surface area contributed by atoms with Crippen LogP contribution in [0.15, 0.2) is 17.1 Å². The molecule has 0 spiro atoms. The van der Waals surface area contributed by atoms with Gasteiger partial charge in [-0.25, -0.2) is 0 Å². The normalized spacial score (nSPS) is 26.2. The molecule has 19 heavy (non-hydrogen) atoms. The first-order valence-electron chi connectivity index (χ1n) is 7.49. The van der Waals surface area contributed by atoms with E-state index in [1.165, 1.54) is 24.8 Å². The van der Waals surface area contributed by atoms with Crippen molar-refractivity contribution in [3.8, 4) is 0 Å². The maximum Gasteiger partial charge on any atom is 0.253 e. The number of nitrogens with zero attached hydrogens (tertiary/aromatic N) is 1. The Kier molecular flexibility index (Phi) is 3.48. The Morgan fingerprint density at radius 2 is 2.11 bits per heavy atom. The number of aromatic nitrogens is 1. The average molecular weight is 261 g/mol. The van der Waals surface area contributed by atoms with Gasteiger partial charge < -0.3 is 9.30 Å². The molecular weight excluding hydrogens is 238 g/mol. The van der Waals surface area contributed by atoms with Crippen molar-refractivity contribution in [3.05, 3.63) is 33.7 Å². The van der Waals surface area contributed by atoms with Gasteiger partial charge in [-0.05, 0) is 49.7 Å². The first-order valence-corrected chi connectivity index (χ1v) is 7.49. The molecule has 0 aromatic carbocycles. The first kappa shape index (κ1) is 12.9. The number of ether oxygens (including phenoxy) is 1. The van der Waals surface area contributed by atoms with Gasteiger partial charge in [0.25, 0.3) is 5.56 Å². The van der Waals surface area contributed by atoms with Crippen LogP contribution in [0, 0.1) is 5.92 Å². The van der Waals surface area contributed by atoms with Crippen molar-refractivity contribution in [3.63, 3.8) is 0 Å². The van der Waals surface area contributed by atoms with E-state index >= 15 is 0 Å². The summed E-state index contributed by atoms with van der Waals surface area (Å²) in [7, 11) is 1.78. The van der Waals surface area contributed by atoms with Crippen LogP contribution in [0.4, 0.5) is 0 Å². The Morgan fingerprint density at radius 1 is 1.32 bits per heavy atom. The van der Waals surface area contributed by atoms with Gasteiger partial charge in [-0.1, -0.05) is 6.92 Å². The highest BCUT2D eigenvalue weighted by molar-refractivity contribution is 5.26. The zero-order chi connectivity index (χ0) is 13.4. The lowest BCUT2D eigenvalue weighted by Crippen LogP contribution is -2.39. The van der Waals surface area contributed by atoms with Crippen molar-refractivity contribution >= 4 is 0 Å². The number of hydrogen-bond acceptors (Lipinski definition) is 2. The Balaban J connectivity index is 1.86. The Labute approximate surface area is 114 Å². The van der Waals surface area contributed by atoms with Gasteiger partial charge in [-0.2, -0.15) is 0 Å². The lowest BCUT2D eigenvalue weighted by molar-refractivity contribution is -0.0236. The second-order valence-electron chi connectivity index (χ2n) is 6.00. The van der Waals surface area contributed by atoms with Crippen molar-refractivity contribution in [1.29, 1.82) is 0 Å². The molecule has 2 saturated carbocycles. The van der Waals surface area contributed by atoms with Gasteiger partial charge in [0.05, 0.1) is 6.10 Å². The molecule has 0 amide bonds. The zero-order valence-corrected chi connectivity index (χ0v) is 11.9. The van der Waals surface area contributed by atoms with Gasteiger partial charge in [-0.3, -0.25) is 4.79 Å². The highest BCUT2D eigenvalue weighted by Crippen LogP contribution is 2.40. The van der Waals surface area contributed by atoms with Gasteiger partial charge in [0.1, 0.15) is 0 Å². The van der Waals surface area contributed by atoms with Gasteiger partial charge in [0.2, 0.25) is 0 Å². The molecule has 2 atom stereocenters. The quantitative estimate of drug-likeness (QED) is 0.816. The fourth-order valence-electron chi connectivity index (χ4n) is 3.06. The van der Waals surface area contributed by atoms with E-state index in [9.17, 15) is 4.79 Å². The van der Waals surface area contributed by atoms with Crippen LogP contribution in [0.5, 0.6) is 0 Å². The van der Waals surface area contributed by atoms with Crippen LogP contribution in [-0.2, 0) is 17.7 Å². The number of rotatable bonds is 5. The van der Waals surface area contributed by atoms with Crippen molar-refractivity contribution in [2.45, 2.75) is 57.6 Å². The molecule has 3 rings (SSSR count). The van der Waals surface area contributed by atoms with E-state index < -0.39 is 0 Å². The molecule has 2 fully saturated rings. The fourth-order valence-corrected chi connectivity index (χ4v) is 3.06. The Bertz CT molecular complexity index is 514. The molecule has 2 unspecified atom stereocenters. The third kappa shape index (κ3) is 2.48. The molecule has 1 aromatic heterocycles. The first-order chi connectivity index (χ1) is 9.22. The summed E-state index contributed by atoms with van der Waals surface area (Å²) in [6.07, 6.45) is 8.17. The third-order valence-electron chi connectivity index (χ3n) is 4.69. The lowest BCUT2D eigenvalue weighted by atomic mass is 9.81. The van der Waals surface area contributed by atoms with Gasteiger partial charge in [-0.15, -0.1) is 0 Å². The van der Waals surface area contributed by atoms with E-state index in [0.29, 0.717) is 17.9 Å². The minimum absolute atomic E-state index is 0.202. The number of methoxy groups -OCH3 is 1. The highest BCUT2D eigenvalue weighted by atomic mass is 16.5. The predicted octanol–water partition coefficient (Wildman–Crippen LogP) is 2.71. The summed E-state index contributed by atoms with van der Waals surface area (Å²) in [5, 5.41) is 0. The molecular formula is C16H23NO2. The Hall–Kier alpha value is -1.09. The molecule has 0 saturated heterocycles. The van der Waals surface area contributed by atoms with E-state index in [-0.39, 0.29) is 5.56 Å². The van der Waals surface area contributed by atoms with E-state index in [2.05, 4.69) is 19.2 Å². The van der Waals surface area contributed by atoms with E-state index in [1.807, 2.05) is 4.57 Å². The predicted molar refractivity (Wildman–Crippen MR) is 75.6 cm³/mol. The van der Waals surface area contributed by atoms with Crippen LogP contribution < -0.4 is 5.56 Å². The summed E-state index contributed by atoms with van der Waals surface area (Å²) >= 11 is 0. The zero-order valence-electron chi connectivity index (χ0n) is 11.9. The molecule has 1 heterocycles.